The molecule has 6 heteroatoms. The third kappa shape index (κ3) is 4.60. The van der Waals surface area contributed by atoms with Crippen molar-refractivity contribution in [3.63, 3.8) is 0 Å². The molecular formula is C16H15BrN2O3. The molecular weight excluding hydrogens is 348 g/mol. The summed E-state index contributed by atoms with van der Waals surface area (Å²) in [5, 5.41) is 5.09. The highest BCUT2D eigenvalue weighted by Crippen LogP contribution is 2.16. The molecule has 0 aliphatic rings. The standard InChI is InChI=1S/C16H15BrN2O3/c1-22-14-4-2-3-13(9-14)19-16(21)15(20)18-10-11-5-7-12(17)8-6-11/h2-9H,10H2,1H3,(H,18,20)(H,19,21). The molecule has 0 aliphatic heterocycles. The van der Waals surface area contributed by atoms with Crippen LogP contribution in [0, 0.1) is 0 Å². The van der Waals surface area contributed by atoms with Gasteiger partial charge in [-0.3, -0.25) is 9.59 Å². The lowest BCUT2D eigenvalue weighted by Crippen LogP contribution is -2.34. The normalized spacial score (nSPS) is 9.91. The van der Waals surface area contributed by atoms with Gasteiger partial charge in [0.1, 0.15) is 5.75 Å². The van der Waals surface area contributed by atoms with E-state index in [9.17, 15) is 9.59 Å². The van der Waals surface area contributed by atoms with Crippen LogP contribution in [0.3, 0.4) is 0 Å². The van der Waals surface area contributed by atoms with E-state index in [2.05, 4.69) is 26.6 Å². The van der Waals surface area contributed by atoms with Crippen LogP contribution in [-0.2, 0) is 16.1 Å². The molecule has 0 aromatic heterocycles. The van der Waals surface area contributed by atoms with Gasteiger partial charge in [0.15, 0.2) is 0 Å². The van der Waals surface area contributed by atoms with Gasteiger partial charge in [-0.15, -0.1) is 0 Å². The van der Waals surface area contributed by atoms with E-state index < -0.39 is 11.8 Å². The maximum atomic E-state index is 11.8. The molecule has 0 bridgehead atoms. The Hall–Kier alpha value is -2.34. The molecule has 0 spiro atoms. The van der Waals surface area contributed by atoms with Crippen LogP contribution in [-0.4, -0.2) is 18.9 Å². The Kier molecular flexibility index (Phi) is 5.55. The summed E-state index contributed by atoms with van der Waals surface area (Å²) in [4.78, 5) is 23.6. The third-order valence-corrected chi connectivity index (χ3v) is 3.43. The van der Waals surface area contributed by atoms with Gasteiger partial charge in [0.2, 0.25) is 0 Å². The van der Waals surface area contributed by atoms with Crippen molar-refractivity contribution in [2.45, 2.75) is 6.54 Å². The minimum absolute atomic E-state index is 0.289. The number of rotatable bonds is 4. The van der Waals surface area contributed by atoms with Crippen LogP contribution in [0.2, 0.25) is 0 Å². The average molecular weight is 363 g/mol. The molecule has 0 radical (unpaired) electrons. The minimum Gasteiger partial charge on any atom is -0.497 e. The lowest BCUT2D eigenvalue weighted by Gasteiger charge is -2.08. The van der Waals surface area contributed by atoms with Gasteiger partial charge in [-0.2, -0.15) is 0 Å². The van der Waals surface area contributed by atoms with E-state index in [1.165, 1.54) is 7.11 Å². The number of halogens is 1. The molecule has 2 amide bonds. The second-order valence-corrected chi connectivity index (χ2v) is 5.41. The number of amides is 2. The molecule has 2 aromatic carbocycles. The van der Waals surface area contributed by atoms with Crippen LogP contribution in [0.4, 0.5) is 5.69 Å². The van der Waals surface area contributed by atoms with E-state index >= 15 is 0 Å². The fraction of sp³-hybridized carbons (Fsp3) is 0.125. The van der Waals surface area contributed by atoms with Crippen LogP contribution in [0.5, 0.6) is 5.75 Å². The van der Waals surface area contributed by atoms with Gasteiger partial charge < -0.3 is 15.4 Å². The highest BCUT2D eigenvalue weighted by Gasteiger charge is 2.13. The molecule has 2 rings (SSSR count). The quantitative estimate of drug-likeness (QED) is 0.821. The van der Waals surface area contributed by atoms with E-state index in [0.717, 1.165) is 10.0 Å². The van der Waals surface area contributed by atoms with E-state index in [1.54, 1.807) is 24.3 Å². The van der Waals surface area contributed by atoms with Crippen LogP contribution < -0.4 is 15.4 Å². The Bertz CT molecular complexity index is 671. The zero-order valence-corrected chi connectivity index (χ0v) is 13.5. The number of carbonyl (C=O) groups is 2. The number of benzene rings is 2. The van der Waals surface area contributed by atoms with Gasteiger partial charge in [-0.1, -0.05) is 34.1 Å². The van der Waals surface area contributed by atoms with E-state index in [4.69, 9.17) is 4.74 Å². The highest BCUT2D eigenvalue weighted by molar-refractivity contribution is 9.10. The molecule has 0 unspecified atom stereocenters. The predicted molar refractivity (Wildman–Crippen MR) is 87.6 cm³/mol. The van der Waals surface area contributed by atoms with Crippen molar-refractivity contribution >= 4 is 33.4 Å². The largest absolute Gasteiger partial charge is 0.497 e. The number of anilines is 1. The molecule has 0 heterocycles. The number of hydrogen-bond donors (Lipinski definition) is 2. The minimum atomic E-state index is -0.717. The van der Waals surface area contributed by atoms with Crippen LogP contribution >= 0.6 is 15.9 Å². The third-order valence-electron chi connectivity index (χ3n) is 2.90. The zero-order chi connectivity index (χ0) is 15.9. The molecule has 22 heavy (non-hydrogen) atoms. The topological polar surface area (TPSA) is 67.4 Å². The van der Waals surface area contributed by atoms with E-state index in [0.29, 0.717) is 11.4 Å². The zero-order valence-electron chi connectivity index (χ0n) is 11.9. The summed E-state index contributed by atoms with van der Waals surface area (Å²) in [6, 6.07) is 14.3. The first-order valence-corrected chi connectivity index (χ1v) is 7.35. The van der Waals surface area contributed by atoms with E-state index in [-0.39, 0.29) is 6.54 Å². The van der Waals surface area contributed by atoms with Gasteiger partial charge in [0.25, 0.3) is 0 Å². The first-order valence-electron chi connectivity index (χ1n) is 6.56. The summed E-state index contributed by atoms with van der Waals surface area (Å²) in [7, 11) is 1.53. The van der Waals surface area contributed by atoms with Crippen molar-refractivity contribution in [2.75, 3.05) is 12.4 Å². The Balaban J connectivity index is 1.89. The summed E-state index contributed by atoms with van der Waals surface area (Å²) in [6.45, 7) is 0.289. The van der Waals surface area contributed by atoms with Gasteiger partial charge in [-0.25, -0.2) is 0 Å². The molecule has 0 atom stereocenters. The number of ether oxygens (including phenoxy) is 1. The molecule has 114 valence electrons. The number of hydrogen-bond acceptors (Lipinski definition) is 3. The van der Waals surface area contributed by atoms with Crippen molar-refractivity contribution in [2.24, 2.45) is 0 Å². The fourth-order valence-electron chi connectivity index (χ4n) is 1.75. The summed E-state index contributed by atoms with van der Waals surface area (Å²) in [5.74, 6) is -0.802. The van der Waals surface area contributed by atoms with Crippen molar-refractivity contribution in [1.29, 1.82) is 0 Å². The molecule has 0 saturated heterocycles. The highest BCUT2D eigenvalue weighted by atomic mass is 79.9. The molecule has 2 N–H and O–H groups in total. The lowest BCUT2D eigenvalue weighted by molar-refractivity contribution is -0.136. The number of methoxy groups -OCH3 is 1. The first kappa shape index (κ1) is 16.0. The Morgan fingerprint density at radius 3 is 2.50 bits per heavy atom. The first-order chi connectivity index (χ1) is 10.6. The Morgan fingerprint density at radius 2 is 1.82 bits per heavy atom. The van der Waals surface area contributed by atoms with Crippen molar-refractivity contribution in [1.82, 2.24) is 5.32 Å². The molecule has 0 aliphatic carbocycles. The SMILES string of the molecule is COc1cccc(NC(=O)C(=O)NCc2ccc(Br)cc2)c1. The van der Waals surface area contributed by atoms with Gasteiger partial charge in [0.05, 0.1) is 7.11 Å². The lowest BCUT2D eigenvalue weighted by atomic mass is 10.2. The van der Waals surface area contributed by atoms with Crippen LogP contribution in [0.15, 0.2) is 53.0 Å². The summed E-state index contributed by atoms with van der Waals surface area (Å²) in [5.41, 5.74) is 1.41. The maximum absolute atomic E-state index is 11.8. The Labute approximate surface area is 136 Å². The maximum Gasteiger partial charge on any atom is 0.313 e. The van der Waals surface area contributed by atoms with Crippen molar-refractivity contribution < 1.29 is 14.3 Å². The average Bonchev–Trinajstić information content (AvgIpc) is 2.54. The predicted octanol–water partition coefficient (Wildman–Crippen LogP) is 2.71. The van der Waals surface area contributed by atoms with Crippen LogP contribution in [0.25, 0.3) is 0 Å². The van der Waals surface area contributed by atoms with Gasteiger partial charge >= 0.3 is 11.8 Å². The second kappa shape index (κ2) is 7.61. The molecule has 2 aromatic rings. The molecule has 5 nitrogen and oxygen atoms in total. The van der Waals surface area contributed by atoms with E-state index in [1.807, 2.05) is 24.3 Å². The number of nitrogens with one attached hydrogen (secondary N) is 2. The molecule has 0 saturated carbocycles. The summed E-state index contributed by atoms with van der Waals surface area (Å²) in [6.07, 6.45) is 0. The monoisotopic (exact) mass is 362 g/mol. The van der Waals surface area contributed by atoms with Crippen molar-refractivity contribution in [3.05, 3.63) is 58.6 Å². The van der Waals surface area contributed by atoms with Gasteiger partial charge in [0, 0.05) is 22.8 Å². The Morgan fingerprint density at radius 1 is 1.09 bits per heavy atom. The smallest absolute Gasteiger partial charge is 0.313 e. The van der Waals surface area contributed by atoms with Gasteiger partial charge in [-0.05, 0) is 29.8 Å². The fourth-order valence-corrected chi connectivity index (χ4v) is 2.02. The van der Waals surface area contributed by atoms with Crippen LogP contribution in [0.1, 0.15) is 5.56 Å². The van der Waals surface area contributed by atoms with Crippen molar-refractivity contribution in [3.8, 4) is 5.75 Å². The second-order valence-electron chi connectivity index (χ2n) is 4.50. The summed E-state index contributed by atoms with van der Waals surface area (Å²) >= 11 is 3.34. The summed E-state index contributed by atoms with van der Waals surface area (Å²) < 4.78 is 6.01. The molecule has 0 fully saturated rings. The number of carbonyl (C=O) groups excluding carboxylic acids is 2.